The summed E-state index contributed by atoms with van der Waals surface area (Å²) in [6.45, 7) is 0. The summed E-state index contributed by atoms with van der Waals surface area (Å²) in [7, 11) is 0. The molecule has 30 heavy (non-hydrogen) atoms. The zero-order chi connectivity index (χ0) is 21.1. The first-order chi connectivity index (χ1) is 14.5. The maximum absolute atomic E-state index is 12.6. The van der Waals surface area contributed by atoms with Gasteiger partial charge in [-0.2, -0.15) is 5.10 Å². The molecule has 0 unspecified atom stereocenters. The predicted molar refractivity (Wildman–Crippen MR) is 116 cm³/mol. The number of halogens is 2. The fourth-order valence-electron chi connectivity index (χ4n) is 2.55. The van der Waals surface area contributed by atoms with Gasteiger partial charge in [0.25, 0.3) is 11.8 Å². The summed E-state index contributed by atoms with van der Waals surface area (Å²) in [6.07, 6.45) is 1.68. The fraction of sp³-hybridized carbons (Fsp3) is 0. The van der Waals surface area contributed by atoms with E-state index in [0.29, 0.717) is 21.4 Å². The van der Waals surface area contributed by atoms with Gasteiger partial charge in [0, 0.05) is 39.4 Å². The second kappa shape index (κ2) is 8.62. The molecule has 0 spiro atoms. The molecule has 2 aromatic heterocycles. The lowest BCUT2D eigenvalue weighted by Crippen LogP contribution is -2.18. The first-order valence-electron chi connectivity index (χ1n) is 8.52. The summed E-state index contributed by atoms with van der Waals surface area (Å²) < 4.78 is 5.33. The topological polar surface area (TPSA) is 102 Å². The van der Waals surface area contributed by atoms with Gasteiger partial charge in [-0.3, -0.25) is 9.59 Å². The first kappa shape index (κ1) is 20.0. The molecule has 2 N–H and O–H groups in total. The van der Waals surface area contributed by atoms with Gasteiger partial charge in [-0.1, -0.05) is 39.8 Å². The van der Waals surface area contributed by atoms with Crippen LogP contribution < -0.4 is 10.6 Å². The van der Waals surface area contributed by atoms with E-state index in [1.807, 2.05) is 6.07 Å². The molecule has 0 atom stereocenters. The Morgan fingerprint density at radius 3 is 2.47 bits per heavy atom. The van der Waals surface area contributed by atoms with E-state index in [9.17, 15) is 9.59 Å². The third-order valence-corrected chi connectivity index (χ3v) is 5.03. The van der Waals surface area contributed by atoms with Crippen molar-refractivity contribution in [1.29, 1.82) is 0 Å². The Balaban J connectivity index is 1.48. The average Bonchev–Trinajstić information content (AvgIpc) is 3.37. The van der Waals surface area contributed by atoms with E-state index in [1.54, 1.807) is 53.3 Å². The molecule has 0 saturated heterocycles. The maximum atomic E-state index is 12.6. The predicted octanol–water partition coefficient (Wildman–Crippen LogP) is 4.54. The van der Waals surface area contributed by atoms with Crippen LogP contribution in [0.3, 0.4) is 0 Å². The Morgan fingerprint density at radius 1 is 0.933 bits per heavy atom. The van der Waals surface area contributed by atoms with E-state index in [1.165, 1.54) is 6.07 Å². The van der Waals surface area contributed by atoms with Gasteiger partial charge in [-0.25, -0.2) is 4.68 Å². The summed E-state index contributed by atoms with van der Waals surface area (Å²) >= 11 is 12.8. The van der Waals surface area contributed by atoms with Gasteiger partial charge < -0.3 is 10.6 Å². The zero-order valence-electron chi connectivity index (χ0n) is 15.0. The van der Waals surface area contributed by atoms with Crippen LogP contribution in [0.4, 0.5) is 10.8 Å². The van der Waals surface area contributed by atoms with Crippen LogP contribution in [0, 0.1) is 0 Å². The summed E-state index contributed by atoms with van der Waals surface area (Å²) in [6, 6.07) is 15.2. The number of aromatic nitrogens is 4. The Hall–Kier alpha value is -3.27. The van der Waals surface area contributed by atoms with Crippen LogP contribution in [0.25, 0.3) is 5.69 Å². The van der Waals surface area contributed by atoms with Crippen LogP contribution in [0.5, 0.6) is 0 Å². The summed E-state index contributed by atoms with van der Waals surface area (Å²) in [4.78, 5) is 25.0. The summed E-state index contributed by atoms with van der Waals surface area (Å²) in [5.74, 6) is -0.676. The van der Waals surface area contributed by atoms with Gasteiger partial charge in [-0.05, 0) is 36.4 Å². The van der Waals surface area contributed by atoms with E-state index in [-0.39, 0.29) is 10.7 Å². The van der Waals surface area contributed by atoms with Crippen LogP contribution in [0.1, 0.15) is 20.8 Å². The Labute approximate surface area is 184 Å². The lowest BCUT2D eigenvalue weighted by atomic mass is 10.2. The first-order valence-corrected chi connectivity index (χ1v) is 10.0. The molecule has 11 heteroatoms. The monoisotopic (exact) mass is 458 g/mol. The van der Waals surface area contributed by atoms with E-state index >= 15 is 0 Å². The minimum absolute atomic E-state index is 0.0207. The number of benzene rings is 2. The summed E-state index contributed by atoms with van der Waals surface area (Å²) in [5.41, 5.74) is 1.07. The Bertz CT molecular complexity index is 1240. The molecule has 0 aliphatic rings. The molecule has 0 radical (unpaired) electrons. The molecule has 0 fully saturated rings. The number of hydrogen-bond donors (Lipinski definition) is 2. The van der Waals surface area contributed by atoms with Crippen molar-refractivity contribution in [3.05, 3.63) is 82.1 Å². The van der Waals surface area contributed by atoms with E-state index in [4.69, 9.17) is 23.2 Å². The van der Waals surface area contributed by atoms with Gasteiger partial charge >= 0.3 is 0 Å². The molecule has 0 saturated carbocycles. The van der Waals surface area contributed by atoms with E-state index in [0.717, 1.165) is 17.2 Å². The van der Waals surface area contributed by atoms with Crippen LogP contribution in [-0.4, -0.2) is 31.2 Å². The van der Waals surface area contributed by atoms with Gasteiger partial charge in [0.05, 0.1) is 5.69 Å². The van der Waals surface area contributed by atoms with Gasteiger partial charge in [0.15, 0.2) is 11.5 Å². The molecule has 2 aromatic carbocycles. The molecule has 8 nitrogen and oxygen atoms in total. The number of hydrogen-bond acceptors (Lipinski definition) is 6. The smallest absolute Gasteiger partial charge is 0.280 e. The van der Waals surface area contributed by atoms with Gasteiger partial charge in [0.2, 0.25) is 0 Å². The third-order valence-electron chi connectivity index (χ3n) is 3.92. The van der Waals surface area contributed by atoms with Crippen molar-refractivity contribution in [3.8, 4) is 5.69 Å². The Kier molecular flexibility index (Phi) is 5.75. The van der Waals surface area contributed by atoms with Crippen LogP contribution in [-0.2, 0) is 0 Å². The SMILES string of the molecule is O=C(Nc1snnc1C(=O)Nc1ccn(-c2cccc(Cl)c2)n1)c1cccc(Cl)c1. The molecule has 2 heterocycles. The van der Waals surface area contributed by atoms with Crippen LogP contribution in [0.15, 0.2) is 60.8 Å². The number of nitrogens with one attached hydrogen (secondary N) is 2. The molecule has 4 aromatic rings. The number of nitrogens with zero attached hydrogens (tertiary/aromatic N) is 4. The molecular weight excluding hydrogens is 447 g/mol. The molecule has 0 aliphatic heterocycles. The highest BCUT2D eigenvalue weighted by Gasteiger charge is 2.20. The zero-order valence-corrected chi connectivity index (χ0v) is 17.4. The summed E-state index contributed by atoms with van der Waals surface area (Å²) in [5, 5.41) is 14.6. The normalized spacial score (nSPS) is 10.6. The van der Waals surface area contributed by atoms with Crippen molar-refractivity contribution in [3.63, 3.8) is 0 Å². The molecule has 0 aliphatic carbocycles. The van der Waals surface area contributed by atoms with E-state index in [2.05, 4.69) is 25.3 Å². The van der Waals surface area contributed by atoms with E-state index < -0.39 is 11.8 Å². The van der Waals surface area contributed by atoms with Gasteiger partial charge in [-0.15, -0.1) is 5.10 Å². The number of carbonyl (C=O) groups excluding carboxylic acids is 2. The highest BCUT2D eigenvalue weighted by atomic mass is 35.5. The Morgan fingerprint density at radius 2 is 1.70 bits per heavy atom. The molecular formula is C19H12Cl2N6O2S. The minimum Gasteiger partial charge on any atom is -0.310 e. The lowest BCUT2D eigenvalue weighted by Gasteiger charge is -2.05. The van der Waals surface area contributed by atoms with Crippen LogP contribution >= 0.6 is 34.7 Å². The maximum Gasteiger partial charge on any atom is 0.280 e. The third kappa shape index (κ3) is 4.48. The van der Waals surface area contributed by atoms with Crippen molar-refractivity contribution in [2.75, 3.05) is 10.6 Å². The second-order valence-corrected chi connectivity index (χ2v) is 7.62. The van der Waals surface area contributed by atoms with Gasteiger partial charge in [0.1, 0.15) is 5.00 Å². The number of anilines is 2. The van der Waals surface area contributed by atoms with Crippen LogP contribution in [0.2, 0.25) is 10.0 Å². The fourth-order valence-corrected chi connectivity index (χ4v) is 3.49. The van der Waals surface area contributed by atoms with Crippen molar-refractivity contribution in [1.82, 2.24) is 19.4 Å². The molecule has 0 bridgehead atoms. The highest BCUT2D eigenvalue weighted by molar-refractivity contribution is 7.10. The molecule has 4 rings (SSSR count). The molecule has 150 valence electrons. The van der Waals surface area contributed by atoms with Crippen molar-refractivity contribution < 1.29 is 9.59 Å². The minimum atomic E-state index is -0.554. The number of amides is 2. The number of rotatable bonds is 5. The standard InChI is InChI=1S/C19H12Cl2N6O2S/c20-12-4-1-3-11(9-12)17(28)23-19-16(24-26-30-19)18(29)22-15-7-8-27(25-15)14-6-2-5-13(21)10-14/h1-10H,(H,23,28)(H,22,25,29). The second-order valence-electron chi connectivity index (χ2n) is 5.99. The highest BCUT2D eigenvalue weighted by Crippen LogP contribution is 2.21. The van der Waals surface area contributed by atoms with Crippen molar-refractivity contribution in [2.24, 2.45) is 0 Å². The van der Waals surface area contributed by atoms with Crippen molar-refractivity contribution >= 4 is 57.4 Å². The van der Waals surface area contributed by atoms with Crippen molar-refractivity contribution in [2.45, 2.75) is 0 Å². The molecule has 2 amide bonds. The largest absolute Gasteiger partial charge is 0.310 e. The quantitative estimate of drug-likeness (QED) is 0.457. The number of carbonyl (C=O) groups is 2. The lowest BCUT2D eigenvalue weighted by molar-refractivity contribution is 0.102. The average molecular weight is 459 g/mol.